The summed E-state index contributed by atoms with van der Waals surface area (Å²) in [7, 11) is 1.45. The normalized spacial score (nSPS) is 19.9. The largest absolute Gasteiger partial charge is 0.434 e. The summed E-state index contributed by atoms with van der Waals surface area (Å²) in [6.45, 7) is -0.263. The molecule has 1 aromatic heterocycles. The highest BCUT2D eigenvalue weighted by Crippen LogP contribution is 2.59. The molecule has 0 radical (unpaired) electrons. The van der Waals surface area contributed by atoms with Crippen LogP contribution in [-0.2, 0) is 9.53 Å². The molecule has 1 atom stereocenters. The molecule has 8 nitrogen and oxygen atoms in total. The van der Waals surface area contributed by atoms with E-state index in [0.717, 1.165) is 4.90 Å². The second-order valence-corrected chi connectivity index (χ2v) is 7.95. The van der Waals surface area contributed by atoms with Gasteiger partial charge in [-0.05, 0) is 36.8 Å². The number of hydrogen-bond donors (Lipinski definition) is 2. The minimum Gasteiger partial charge on any atom is -0.426 e. The number of amides is 3. The monoisotopic (exact) mass is 482 g/mol. The SMILES string of the molecule is CNC(=O)c1ccc(NC(=O)C2CC23CCN(C(=O)OC(C(F)(F)F)C(F)(F)F)CC3)cn1. The van der Waals surface area contributed by atoms with E-state index in [1.807, 2.05) is 0 Å². The Kier molecular flexibility index (Phi) is 6.48. The number of piperidine rings is 1. The summed E-state index contributed by atoms with van der Waals surface area (Å²) in [6, 6.07) is 2.93. The Hall–Kier alpha value is -3.06. The number of carbonyl (C=O) groups is 3. The van der Waals surface area contributed by atoms with E-state index in [1.165, 1.54) is 25.4 Å². The van der Waals surface area contributed by atoms with E-state index in [9.17, 15) is 40.7 Å². The van der Waals surface area contributed by atoms with E-state index in [0.29, 0.717) is 12.1 Å². The molecule has 2 N–H and O–H groups in total. The van der Waals surface area contributed by atoms with Gasteiger partial charge in [0.25, 0.3) is 12.0 Å². The molecule has 0 aromatic carbocycles. The van der Waals surface area contributed by atoms with Crippen molar-refractivity contribution < 1.29 is 45.5 Å². The molecule has 1 unspecified atom stereocenters. The number of nitrogens with one attached hydrogen (secondary N) is 2. The van der Waals surface area contributed by atoms with Gasteiger partial charge in [-0.15, -0.1) is 0 Å². The zero-order valence-electron chi connectivity index (χ0n) is 17.2. The molecule has 1 saturated heterocycles. The Morgan fingerprint density at radius 2 is 1.73 bits per heavy atom. The number of likely N-dealkylation sites (tertiary alicyclic amines) is 1. The Bertz CT molecular complexity index is 896. The van der Waals surface area contributed by atoms with Gasteiger partial charge in [0.15, 0.2) is 0 Å². The van der Waals surface area contributed by atoms with Gasteiger partial charge in [-0.3, -0.25) is 9.59 Å². The third kappa shape index (κ3) is 5.47. The number of ether oxygens (including phenoxy) is 1. The third-order valence-corrected chi connectivity index (χ3v) is 5.83. The number of nitrogens with zero attached hydrogens (tertiary/aromatic N) is 2. The van der Waals surface area contributed by atoms with Crippen LogP contribution in [0.5, 0.6) is 0 Å². The lowest BCUT2D eigenvalue weighted by Gasteiger charge is -2.33. The van der Waals surface area contributed by atoms with E-state index in [-0.39, 0.29) is 37.5 Å². The number of carbonyl (C=O) groups excluding carboxylic acids is 3. The number of rotatable bonds is 4. The molecule has 3 amide bonds. The molecule has 1 aromatic rings. The van der Waals surface area contributed by atoms with Crippen molar-refractivity contribution in [2.75, 3.05) is 25.5 Å². The van der Waals surface area contributed by atoms with Gasteiger partial charge in [0.2, 0.25) is 5.91 Å². The highest BCUT2D eigenvalue weighted by atomic mass is 19.4. The van der Waals surface area contributed by atoms with Gasteiger partial charge in [-0.1, -0.05) is 0 Å². The Balaban J connectivity index is 1.52. The molecular formula is C19H20F6N4O4. The number of aromatic nitrogens is 1. The first-order chi connectivity index (χ1) is 15.3. The predicted molar refractivity (Wildman–Crippen MR) is 100.0 cm³/mol. The number of halogens is 6. The average Bonchev–Trinajstić information content (AvgIpc) is 3.44. The highest BCUT2D eigenvalue weighted by molar-refractivity contribution is 5.96. The number of anilines is 1. The molecule has 3 rings (SSSR count). The molecule has 182 valence electrons. The van der Waals surface area contributed by atoms with Crippen LogP contribution < -0.4 is 10.6 Å². The predicted octanol–water partition coefficient (Wildman–Crippen LogP) is 3.11. The number of hydrogen-bond acceptors (Lipinski definition) is 5. The van der Waals surface area contributed by atoms with Crippen LogP contribution in [0.1, 0.15) is 29.8 Å². The Morgan fingerprint density at radius 1 is 1.12 bits per heavy atom. The van der Waals surface area contributed by atoms with Gasteiger partial charge < -0.3 is 20.3 Å². The molecule has 1 aliphatic heterocycles. The Morgan fingerprint density at radius 3 is 2.21 bits per heavy atom. The molecule has 2 heterocycles. The molecule has 0 bridgehead atoms. The molecule has 33 heavy (non-hydrogen) atoms. The van der Waals surface area contributed by atoms with Gasteiger partial charge in [-0.25, -0.2) is 9.78 Å². The molecule has 2 aliphatic rings. The number of pyridine rings is 1. The molecule has 1 spiro atoms. The molecule has 1 saturated carbocycles. The lowest BCUT2D eigenvalue weighted by molar-refractivity contribution is -0.308. The van der Waals surface area contributed by atoms with Crippen LogP contribution in [-0.4, -0.2) is 66.4 Å². The van der Waals surface area contributed by atoms with Crippen LogP contribution in [0.15, 0.2) is 18.3 Å². The van der Waals surface area contributed by atoms with Crippen molar-refractivity contribution in [1.82, 2.24) is 15.2 Å². The van der Waals surface area contributed by atoms with E-state index < -0.39 is 41.8 Å². The van der Waals surface area contributed by atoms with Crippen LogP contribution in [0.2, 0.25) is 0 Å². The summed E-state index contributed by atoms with van der Waals surface area (Å²) in [5.74, 6) is -1.14. The second kappa shape index (κ2) is 8.71. The summed E-state index contributed by atoms with van der Waals surface area (Å²) in [6.07, 6.45) is -15.2. The zero-order chi connectivity index (χ0) is 24.6. The fourth-order valence-electron chi connectivity index (χ4n) is 3.86. The van der Waals surface area contributed by atoms with Gasteiger partial charge in [0, 0.05) is 26.1 Å². The van der Waals surface area contributed by atoms with Gasteiger partial charge in [-0.2, -0.15) is 26.3 Å². The van der Waals surface area contributed by atoms with Crippen LogP contribution in [0.25, 0.3) is 0 Å². The molecular weight excluding hydrogens is 462 g/mol. The molecule has 2 fully saturated rings. The highest BCUT2D eigenvalue weighted by Gasteiger charge is 2.61. The lowest BCUT2D eigenvalue weighted by Crippen LogP contribution is -2.49. The van der Waals surface area contributed by atoms with E-state index >= 15 is 0 Å². The maximum atomic E-state index is 12.6. The van der Waals surface area contributed by atoms with Crippen LogP contribution in [0, 0.1) is 11.3 Å². The van der Waals surface area contributed by atoms with E-state index in [4.69, 9.17) is 0 Å². The summed E-state index contributed by atoms with van der Waals surface area (Å²) >= 11 is 0. The standard InChI is InChI=1S/C19H20F6N4O4/c1-26-14(31)12-3-2-10(9-27-12)28-13(30)11-8-17(11)4-6-29(7-5-17)16(32)33-15(18(20,21)22)19(23,24)25/h2-3,9,11,15H,4-8H2,1H3,(H,26,31)(H,28,30). The van der Waals surface area contributed by atoms with Crippen molar-refractivity contribution in [3.8, 4) is 0 Å². The molecule has 14 heteroatoms. The van der Waals surface area contributed by atoms with Crippen molar-refractivity contribution in [2.45, 2.75) is 37.7 Å². The lowest BCUT2D eigenvalue weighted by atomic mass is 9.91. The first-order valence-corrected chi connectivity index (χ1v) is 9.85. The zero-order valence-corrected chi connectivity index (χ0v) is 17.2. The van der Waals surface area contributed by atoms with Crippen molar-refractivity contribution in [1.29, 1.82) is 0 Å². The fraction of sp³-hybridized carbons (Fsp3) is 0.579. The minimum atomic E-state index is -5.78. The maximum absolute atomic E-state index is 12.6. The topological polar surface area (TPSA) is 101 Å². The Labute approximate surface area is 183 Å². The first-order valence-electron chi connectivity index (χ1n) is 9.85. The van der Waals surface area contributed by atoms with Crippen LogP contribution in [0.4, 0.5) is 36.8 Å². The van der Waals surface area contributed by atoms with E-state index in [2.05, 4.69) is 20.4 Å². The van der Waals surface area contributed by atoms with E-state index in [1.54, 1.807) is 0 Å². The van der Waals surface area contributed by atoms with Crippen molar-refractivity contribution in [3.63, 3.8) is 0 Å². The van der Waals surface area contributed by atoms with Crippen molar-refractivity contribution in [2.24, 2.45) is 11.3 Å². The number of alkyl halides is 6. The quantitative estimate of drug-likeness (QED) is 0.643. The third-order valence-electron chi connectivity index (χ3n) is 5.83. The summed E-state index contributed by atoms with van der Waals surface area (Å²) < 4.78 is 79.3. The summed E-state index contributed by atoms with van der Waals surface area (Å²) in [4.78, 5) is 40.6. The van der Waals surface area contributed by atoms with Crippen molar-refractivity contribution >= 4 is 23.6 Å². The average molecular weight is 482 g/mol. The summed E-state index contributed by atoms with van der Waals surface area (Å²) in [5, 5.41) is 5.07. The minimum absolute atomic E-state index is 0.132. The van der Waals surface area contributed by atoms with Crippen LogP contribution in [0.3, 0.4) is 0 Å². The smallest absolute Gasteiger partial charge is 0.426 e. The van der Waals surface area contributed by atoms with Gasteiger partial charge >= 0.3 is 18.4 Å². The molecule has 1 aliphatic carbocycles. The van der Waals surface area contributed by atoms with Crippen molar-refractivity contribution in [3.05, 3.63) is 24.0 Å². The first kappa shape index (κ1) is 24.6. The van der Waals surface area contributed by atoms with Gasteiger partial charge in [0.05, 0.1) is 11.9 Å². The fourth-order valence-corrected chi connectivity index (χ4v) is 3.86. The second-order valence-electron chi connectivity index (χ2n) is 7.95. The van der Waals surface area contributed by atoms with Gasteiger partial charge in [0.1, 0.15) is 5.69 Å². The maximum Gasteiger partial charge on any atom is 0.434 e. The summed E-state index contributed by atoms with van der Waals surface area (Å²) in [5.41, 5.74) is 0.0426. The van der Waals surface area contributed by atoms with Crippen LogP contribution >= 0.6 is 0 Å².